The molecule has 0 aliphatic heterocycles. The summed E-state index contributed by atoms with van der Waals surface area (Å²) < 4.78 is 5.54. The number of nitrogens with zero attached hydrogens (tertiary/aromatic N) is 2. The average Bonchev–Trinajstić information content (AvgIpc) is 2.77. The van der Waals surface area contributed by atoms with Crippen molar-refractivity contribution in [1.29, 1.82) is 0 Å². The molecule has 0 fully saturated rings. The maximum Gasteiger partial charge on any atom is 0.254 e. The van der Waals surface area contributed by atoms with Crippen LogP contribution in [0.25, 0.3) is 0 Å². The molecule has 1 atom stereocenters. The van der Waals surface area contributed by atoms with Crippen LogP contribution in [-0.2, 0) is 6.54 Å². The number of hydrogen-bond acceptors (Lipinski definition) is 3. The minimum atomic E-state index is -0.0391. The topological polar surface area (TPSA) is 32.8 Å². The second-order valence-electron chi connectivity index (χ2n) is 7.66. The molecule has 0 N–H and O–H groups in total. The molecular weight excluding hydrogens is 431 g/mol. The highest BCUT2D eigenvalue weighted by Gasteiger charge is 2.22. The summed E-state index contributed by atoms with van der Waals surface area (Å²) in [5, 5.41) is 0.839. The monoisotopic (exact) mass is 464 g/mol. The van der Waals surface area contributed by atoms with E-state index in [1.165, 1.54) is 0 Å². The van der Waals surface area contributed by atoms with Gasteiger partial charge in [-0.25, -0.2) is 0 Å². The maximum atomic E-state index is 13.4. The SMILES string of the molecule is CCOc1ccc(CN(C(=O)c2ccc(Cl)c(Cl)c2)[C@@H](C)CCCN(CC)CC)cc1. The van der Waals surface area contributed by atoms with E-state index in [1.807, 2.05) is 36.1 Å². The number of benzene rings is 2. The molecule has 4 nitrogen and oxygen atoms in total. The van der Waals surface area contributed by atoms with Gasteiger partial charge in [-0.3, -0.25) is 4.79 Å². The first kappa shape index (κ1) is 25.5. The van der Waals surface area contributed by atoms with Crippen molar-refractivity contribution < 1.29 is 9.53 Å². The van der Waals surface area contributed by atoms with Gasteiger partial charge in [-0.1, -0.05) is 49.2 Å². The van der Waals surface area contributed by atoms with Gasteiger partial charge in [0.2, 0.25) is 0 Å². The van der Waals surface area contributed by atoms with E-state index in [1.54, 1.807) is 18.2 Å². The summed E-state index contributed by atoms with van der Waals surface area (Å²) in [5.41, 5.74) is 1.61. The van der Waals surface area contributed by atoms with E-state index in [-0.39, 0.29) is 11.9 Å². The Balaban J connectivity index is 2.18. The number of amides is 1. The van der Waals surface area contributed by atoms with Gasteiger partial charge in [-0.15, -0.1) is 0 Å². The minimum Gasteiger partial charge on any atom is -0.494 e. The first-order chi connectivity index (χ1) is 14.9. The third-order valence-electron chi connectivity index (χ3n) is 5.54. The molecule has 0 saturated heterocycles. The number of carbonyl (C=O) groups excluding carboxylic acids is 1. The summed E-state index contributed by atoms with van der Waals surface area (Å²) in [6.45, 7) is 12.7. The van der Waals surface area contributed by atoms with Gasteiger partial charge in [0, 0.05) is 18.2 Å². The Kier molecular flexibility index (Phi) is 10.7. The molecule has 0 aliphatic carbocycles. The highest BCUT2D eigenvalue weighted by Crippen LogP contribution is 2.25. The van der Waals surface area contributed by atoms with Crippen molar-refractivity contribution >= 4 is 29.1 Å². The van der Waals surface area contributed by atoms with Crippen molar-refractivity contribution in [2.24, 2.45) is 0 Å². The summed E-state index contributed by atoms with van der Waals surface area (Å²) in [7, 11) is 0. The molecule has 0 aliphatic rings. The molecule has 170 valence electrons. The normalized spacial score (nSPS) is 12.1. The Hall–Kier alpha value is -1.75. The van der Waals surface area contributed by atoms with Crippen LogP contribution in [0, 0.1) is 0 Å². The third kappa shape index (κ3) is 7.71. The number of carbonyl (C=O) groups is 1. The van der Waals surface area contributed by atoms with Crippen LogP contribution in [0.1, 0.15) is 56.5 Å². The molecule has 2 rings (SSSR count). The van der Waals surface area contributed by atoms with Crippen molar-refractivity contribution in [2.75, 3.05) is 26.2 Å². The predicted molar refractivity (Wildman–Crippen MR) is 130 cm³/mol. The van der Waals surface area contributed by atoms with Crippen LogP contribution in [0.3, 0.4) is 0 Å². The van der Waals surface area contributed by atoms with Gasteiger partial charge < -0.3 is 14.5 Å². The molecule has 0 radical (unpaired) electrons. The minimum absolute atomic E-state index is 0.0391. The molecule has 2 aromatic carbocycles. The van der Waals surface area contributed by atoms with Crippen LogP contribution >= 0.6 is 23.2 Å². The number of rotatable bonds is 12. The Morgan fingerprint density at radius 1 is 1.00 bits per heavy atom. The molecule has 0 heterocycles. The van der Waals surface area contributed by atoms with Gasteiger partial charge in [0.15, 0.2) is 0 Å². The molecule has 0 unspecified atom stereocenters. The van der Waals surface area contributed by atoms with E-state index in [2.05, 4.69) is 25.7 Å². The molecule has 0 aromatic heterocycles. The first-order valence-electron chi connectivity index (χ1n) is 11.1. The molecule has 31 heavy (non-hydrogen) atoms. The van der Waals surface area contributed by atoms with E-state index in [0.29, 0.717) is 28.8 Å². The van der Waals surface area contributed by atoms with Gasteiger partial charge >= 0.3 is 0 Å². The van der Waals surface area contributed by atoms with E-state index >= 15 is 0 Å². The van der Waals surface area contributed by atoms with Crippen molar-refractivity contribution in [3.05, 3.63) is 63.6 Å². The van der Waals surface area contributed by atoms with Crippen LogP contribution in [0.2, 0.25) is 10.0 Å². The fourth-order valence-corrected chi connectivity index (χ4v) is 3.88. The molecule has 0 bridgehead atoms. The Labute approximate surface area is 197 Å². The second kappa shape index (κ2) is 12.9. The number of ether oxygens (including phenoxy) is 1. The largest absolute Gasteiger partial charge is 0.494 e. The van der Waals surface area contributed by atoms with E-state index in [4.69, 9.17) is 27.9 Å². The zero-order valence-corrected chi connectivity index (χ0v) is 20.5. The molecule has 2 aromatic rings. The lowest BCUT2D eigenvalue weighted by molar-refractivity contribution is 0.0662. The zero-order valence-electron chi connectivity index (χ0n) is 19.0. The number of halogens is 2. The predicted octanol–water partition coefficient (Wildman–Crippen LogP) is 6.55. The van der Waals surface area contributed by atoms with E-state index in [9.17, 15) is 4.79 Å². The molecule has 6 heteroatoms. The Morgan fingerprint density at radius 2 is 1.68 bits per heavy atom. The van der Waals surface area contributed by atoms with Gasteiger partial charge in [0.25, 0.3) is 5.91 Å². The Morgan fingerprint density at radius 3 is 2.26 bits per heavy atom. The van der Waals surface area contributed by atoms with Crippen LogP contribution < -0.4 is 4.74 Å². The molecule has 1 amide bonds. The molecular formula is C25H34Cl2N2O2. The number of hydrogen-bond donors (Lipinski definition) is 0. The van der Waals surface area contributed by atoms with Crippen LogP contribution in [-0.4, -0.2) is 48.0 Å². The molecule has 0 spiro atoms. The summed E-state index contributed by atoms with van der Waals surface area (Å²) in [5.74, 6) is 0.795. The summed E-state index contributed by atoms with van der Waals surface area (Å²) in [6, 6.07) is 13.1. The van der Waals surface area contributed by atoms with Crippen LogP contribution in [0.15, 0.2) is 42.5 Å². The molecule has 0 saturated carbocycles. The van der Waals surface area contributed by atoms with Crippen molar-refractivity contribution in [2.45, 2.75) is 53.1 Å². The van der Waals surface area contributed by atoms with Gasteiger partial charge in [0.1, 0.15) is 5.75 Å². The lowest BCUT2D eigenvalue weighted by Gasteiger charge is -2.30. The standard InChI is InChI=1S/C25H34Cl2N2O2/c1-5-28(6-2)16-8-9-19(4)29(18-20-10-13-22(14-11-20)31-7-3)25(30)21-12-15-23(26)24(27)17-21/h10-15,17,19H,5-9,16,18H2,1-4H3/t19-/m0/s1. The van der Waals surface area contributed by atoms with E-state index in [0.717, 1.165) is 43.8 Å². The van der Waals surface area contributed by atoms with Crippen molar-refractivity contribution in [3.8, 4) is 5.75 Å². The lowest BCUT2D eigenvalue weighted by Crippen LogP contribution is -2.38. The van der Waals surface area contributed by atoms with Crippen molar-refractivity contribution in [3.63, 3.8) is 0 Å². The second-order valence-corrected chi connectivity index (χ2v) is 8.47. The first-order valence-corrected chi connectivity index (χ1v) is 11.8. The third-order valence-corrected chi connectivity index (χ3v) is 6.28. The highest BCUT2D eigenvalue weighted by molar-refractivity contribution is 6.42. The zero-order chi connectivity index (χ0) is 22.8. The highest BCUT2D eigenvalue weighted by atomic mass is 35.5. The smallest absolute Gasteiger partial charge is 0.254 e. The average molecular weight is 465 g/mol. The summed E-state index contributed by atoms with van der Waals surface area (Å²) in [6.07, 6.45) is 1.97. The van der Waals surface area contributed by atoms with Crippen molar-refractivity contribution in [1.82, 2.24) is 9.80 Å². The lowest BCUT2D eigenvalue weighted by atomic mass is 10.1. The van der Waals surface area contributed by atoms with Crippen LogP contribution in [0.4, 0.5) is 0 Å². The summed E-state index contributed by atoms with van der Waals surface area (Å²) >= 11 is 12.2. The van der Waals surface area contributed by atoms with Gasteiger partial charge in [-0.05, 0) is 82.2 Å². The summed E-state index contributed by atoms with van der Waals surface area (Å²) in [4.78, 5) is 17.8. The van der Waals surface area contributed by atoms with Gasteiger partial charge in [-0.2, -0.15) is 0 Å². The quantitative estimate of drug-likeness (QED) is 0.357. The van der Waals surface area contributed by atoms with E-state index < -0.39 is 0 Å². The Bertz CT molecular complexity index is 823. The van der Waals surface area contributed by atoms with Gasteiger partial charge in [0.05, 0.1) is 16.7 Å². The van der Waals surface area contributed by atoms with Crippen LogP contribution in [0.5, 0.6) is 5.75 Å². The fraction of sp³-hybridized carbons (Fsp3) is 0.480. The fourth-order valence-electron chi connectivity index (χ4n) is 3.58. The maximum absolute atomic E-state index is 13.4.